The lowest BCUT2D eigenvalue weighted by molar-refractivity contribution is -0.141. The molecule has 2 aliphatic heterocycles. The predicted molar refractivity (Wildman–Crippen MR) is 154 cm³/mol. The molecular weight excluding hydrogens is 488 g/mol. The zero-order valence-corrected chi connectivity index (χ0v) is 23.0. The summed E-state index contributed by atoms with van der Waals surface area (Å²) in [5, 5.41) is 11.0. The highest BCUT2D eigenvalue weighted by atomic mass is 16.5. The second kappa shape index (κ2) is 9.98. The Morgan fingerprint density at radius 3 is 2.54 bits per heavy atom. The van der Waals surface area contributed by atoms with Gasteiger partial charge in [-0.3, -0.25) is 4.79 Å². The van der Waals surface area contributed by atoms with Gasteiger partial charge in [-0.2, -0.15) is 0 Å². The van der Waals surface area contributed by atoms with Gasteiger partial charge in [0, 0.05) is 42.0 Å². The van der Waals surface area contributed by atoms with Crippen molar-refractivity contribution in [2.75, 3.05) is 26.3 Å². The topological polar surface area (TPSA) is 71.8 Å². The third kappa shape index (κ3) is 4.11. The number of benzene rings is 2. The zero-order chi connectivity index (χ0) is 27.3. The number of fused-ring (bicyclic) bond motifs is 7. The second-order valence-electron chi connectivity index (χ2n) is 11.5. The maximum atomic E-state index is 14.2. The SMILES string of the molecule is C=Cc1ccc2c(c1)C1CC1(C(=O)N1CCOCC1)Cn1c-2c(C(CCC)CCC)c2ccc(C(=O)O)cc21. The molecule has 39 heavy (non-hydrogen) atoms. The van der Waals surface area contributed by atoms with Gasteiger partial charge in [-0.15, -0.1) is 0 Å². The van der Waals surface area contributed by atoms with Crippen molar-refractivity contribution in [1.82, 2.24) is 9.47 Å². The van der Waals surface area contributed by atoms with Gasteiger partial charge in [0.25, 0.3) is 0 Å². The quantitative estimate of drug-likeness (QED) is 0.355. The summed E-state index contributed by atoms with van der Waals surface area (Å²) in [6, 6.07) is 12.1. The lowest BCUT2D eigenvalue weighted by atomic mass is 9.85. The van der Waals surface area contributed by atoms with E-state index in [-0.39, 0.29) is 17.4 Å². The lowest BCUT2D eigenvalue weighted by Gasteiger charge is -2.31. The van der Waals surface area contributed by atoms with Crippen LogP contribution in [0.5, 0.6) is 0 Å². The standard InChI is InChI=1S/C33H38N2O4/c1-4-7-22(8-5-2)29-25-12-10-23(31(36)37)18-28(25)35-20-33(32(38)34-13-15-39-16-14-34)19-27(33)26-17-21(6-3)9-11-24(26)30(29)35/h6,9-12,17-18,22,27H,3-5,7-8,13-16,19-20H2,1-2H3,(H,36,37). The summed E-state index contributed by atoms with van der Waals surface area (Å²) in [6.07, 6.45) is 6.98. The highest BCUT2D eigenvalue weighted by Crippen LogP contribution is 2.66. The van der Waals surface area contributed by atoms with Gasteiger partial charge >= 0.3 is 5.97 Å². The van der Waals surface area contributed by atoms with Crippen LogP contribution in [-0.4, -0.2) is 52.8 Å². The summed E-state index contributed by atoms with van der Waals surface area (Å²) in [7, 11) is 0. The van der Waals surface area contributed by atoms with E-state index in [0.717, 1.165) is 48.6 Å². The van der Waals surface area contributed by atoms with E-state index in [1.165, 1.54) is 22.4 Å². The Labute approximate surface area is 230 Å². The lowest BCUT2D eigenvalue weighted by Crippen LogP contribution is -2.45. The molecular formula is C33H38N2O4. The van der Waals surface area contributed by atoms with Crippen LogP contribution < -0.4 is 0 Å². The third-order valence-electron chi connectivity index (χ3n) is 9.21. The van der Waals surface area contributed by atoms with E-state index in [0.29, 0.717) is 38.8 Å². The summed E-state index contributed by atoms with van der Waals surface area (Å²) < 4.78 is 7.87. The molecule has 1 saturated carbocycles. The van der Waals surface area contributed by atoms with Crippen LogP contribution in [0.4, 0.5) is 0 Å². The Morgan fingerprint density at radius 2 is 1.87 bits per heavy atom. The number of ether oxygens (including phenoxy) is 1. The highest BCUT2D eigenvalue weighted by molar-refractivity contribution is 6.00. The fourth-order valence-electron chi connectivity index (χ4n) is 7.27. The number of rotatable bonds is 8. The average molecular weight is 527 g/mol. The van der Waals surface area contributed by atoms with E-state index in [1.807, 2.05) is 23.1 Å². The third-order valence-corrected chi connectivity index (χ3v) is 9.21. The number of carboxylic acids is 1. The molecule has 1 amide bonds. The van der Waals surface area contributed by atoms with Gasteiger partial charge in [0.05, 0.1) is 29.9 Å². The zero-order valence-electron chi connectivity index (χ0n) is 23.0. The molecule has 1 saturated heterocycles. The second-order valence-corrected chi connectivity index (χ2v) is 11.5. The van der Waals surface area contributed by atoms with E-state index < -0.39 is 11.4 Å². The average Bonchev–Trinajstić information content (AvgIpc) is 3.63. The summed E-state index contributed by atoms with van der Waals surface area (Å²) in [4.78, 5) is 28.3. The molecule has 1 aliphatic carbocycles. The molecule has 1 N–H and O–H groups in total. The van der Waals surface area contributed by atoms with Crippen LogP contribution in [0.25, 0.3) is 28.2 Å². The molecule has 6 nitrogen and oxygen atoms in total. The molecule has 2 fully saturated rings. The van der Waals surface area contributed by atoms with Crippen LogP contribution in [0.2, 0.25) is 0 Å². The minimum absolute atomic E-state index is 0.129. The number of aromatic nitrogens is 1. The van der Waals surface area contributed by atoms with Crippen molar-refractivity contribution in [1.29, 1.82) is 0 Å². The maximum absolute atomic E-state index is 14.2. The molecule has 3 aliphatic rings. The fraction of sp³-hybridized carbons (Fsp3) is 0.455. The molecule has 0 bridgehead atoms. The molecule has 3 heterocycles. The Balaban J connectivity index is 1.64. The number of hydrogen-bond acceptors (Lipinski definition) is 3. The molecule has 2 unspecified atom stereocenters. The van der Waals surface area contributed by atoms with Crippen LogP contribution in [0.15, 0.2) is 43.0 Å². The number of carboxylic acid groups (broad SMARTS) is 1. The number of morpholine rings is 1. The smallest absolute Gasteiger partial charge is 0.335 e. The Bertz CT molecular complexity index is 1460. The number of nitrogens with zero attached hydrogens (tertiary/aromatic N) is 2. The molecule has 204 valence electrons. The number of carbonyl (C=O) groups is 2. The van der Waals surface area contributed by atoms with E-state index >= 15 is 0 Å². The highest BCUT2D eigenvalue weighted by Gasteiger charge is 2.63. The van der Waals surface area contributed by atoms with Crippen LogP contribution in [0.3, 0.4) is 0 Å². The van der Waals surface area contributed by atoms with E-state index in [9.17, 15) is 14.7 Å². The van der Waals surface area contributed by atoms with E-state index in [4.69, 9.17) is 4.74 Å². The van der Waals surface area contributed by atoms with Crippen molar-refractivity contribution in [2.45, 2.75) is 64.3 Å². The first-order chi connectivity index (χ1) is 18.9. The van der Waals surface area contributed by atoms with E-state index in [1.54, 1.807) is 6.07 Å². The van der Waals surface area contributed by atoms with Gasteiger partial charge in [-0.25, -0.2) is 4.79 Å². The largest absolute Gasteiger partial charge is 0.478 e. The van der Waals surface area contributed by atoms with E-state index in [2.05, 4.69) is 43.2 Å². The van der Waals surface area contributed by atoms with Crippen molar-refractivity contribution in [2.24, 2.45) is 5.41 Å². The van der Waals surface area contributed by atoms with Gasteiger partial charge in [-0.1, -0.05) is 63.6 Å². The Kier molecular flexibility index (Phi) is 6.62. The Morgan fingerprint density at radius 1 is 1.13 bits per heavy atom. The van der Waals surface area contributed by atoms with Crippen LogP contribution in [0, 0.1) is 5.41 Å². The minimum atomic E-state index is -0.930. The fourth-order valence-corrected chi connectivity index (χ4v) is 7.27. The molecule has 3 aromatic rings. The van der Waals surface area contributed by atoms with Gasteiger partial charge in [-0.05, 0) is 54.0 Å². The van der Waals surface area contributed by atoms with Gasteiger partial charge in [0.1, 0.15) is 0 Å². The summed E-state index contributed by atoms with van der Waals surface area (Å²) >= 11 is 0. The Hall–Kier alpha value is -3.38. The molecule has 6 rings (SSSR count). The molecule has 2 aromatic carbocycles. The first-order valence-corrected chi connectivity index (χ1v) is 14.5. The molecule has 0 spiro atoms. The van der Waals surface area contributed by atoms with Crippen molar-refractivity contribution in [3.05, 3.63) is 65.2 Å². The van der Waals surface area contributed by atoms with Crippen molar-refractivity contribution in [3.8, 4) is 11.3 Å². The monoisotopic (exact) mass is 526 g/mol. The van der Waals surface area contributed by atoms with Crippen LogP contribution >= 0.6 is 0 Å². The maximum Gasteiger partial charge on any atom is 0.335 e. The normalized spacial score (nSPS) is 21.7. The predicted octanol–water partition coefficient (Wildman–Crippen LogP) is 6.68. The minimum Gasteiger partial charge on any atom is -0.478 e. The summed E-state index contributed by atoms with van der Waals surface area (Å²) in [5.41, 5.74) is 6.63. The molecule has 6 heteroatoms. The van der Waals surface area contributed by atoms with Crippen LogP contribution in [-0.2, 0) is 16.1 Å². The van der Waals surface area contributed by atoms with Gasteiger partial charge in [0.15, 0.2) is 0 Å². The molecule has 1 aromatic heterocycles. The number of aromatic carboxylic acids is 1. The van der Waals surface area contributed by atoms with Gasteiger partial charge in [0.2, 0.25) is 5.91 Å². The number of carbonyl (C=O) groups excluding carboxylic acids is 1. The first-order valence-electron chi connectivity index (χ1n) is 14.5. The summed E-state index contributed by atoms with van der Waals surface area (Å²) in [5.74, 6) is -0.235. The molecule has 0 radical (unpaired) electrons. The first kappa shape index (κ1) is 25.9. The van der Waals surface area contributed by atoms with Crippen molar-refractivity contribution >= 4 is 28.9 Å². The number of amides is 1. The van der Waals surface area contributed by atoms with Gasteiger partial charge < -0.3 is 19.3 Å². The number of hydrogen-bond donors (Lipinski definition) is 1. The molecule has 2 atom stereocenters. The van der Waals surface area contributed by atoms with Crippen molar-refractivity contribution in [3.63, 3.8) is 0 Å². The van der Waals surface area contributed by atoms with Crippen molar-refractivity contribution < 1.29 is 19.4 Å². The summed E-state index contributed by atoms with van der Waals surface area (Å²) in [6.45, 7) is 11.4. The van der Waals surface area contributed by atoms with Crippen LogP contribution in [0.1, 0.15) is 84.8 Å².